The maximum absolute atomic E-state index is 3.81. The van der Waals surface area contributed by atoms with Crippen molar-refractivity contribution in [2.75, 3.05) is 0 Å². The summed E-state index contributed by atoms with van der Waals surface area (Å²) in [5.41, 5.74) is 14.8. The Bertz CT molecular complexity index is 1410. The SMILES string of the molecule is Cc1cc2[nH]c3ccc(-c4c(C(C)C)cc(C(C)C)cc4C(C)C)cc3c2c2c1C1CCC2CC1. The van der Waals surface area contributed by atoms with E-state index in [1.54, 1.807) is 11.1 Å². The summed E-state index contributed by atoms with van der Waals surface area (Å²) in [6, 6.07) is 14.6. The zero-order valence-electron chi connectivity index (χ0n) is 22.7. The van der Waals surface area contributed by atoms with E-state index in [0.717, 1.165) is 11.8 Å². The first-order valence-corrected chi connectivity index (χ1v) is 14.0. The van der Waals surface area contributed by atoms with Gasteiger partial charge in [-0.2, -0.15) is 0 Å². The minimum atomic E-state index is 0.492. The molecule has 0 aliphatic heterocycles. The van der Waals surface area contributed by atoms with Gasteiger partial charge in [0.25, 0.3) is 0 Å². The Labute approximate surface area is 211 Å². The summed E-state index contributed by atoms with van der Waals surface area (Å²) in [6.07, 6.45) is 5.51. The van der Waals surface area contributed by atoms with Crippen LogP contribution in [-0.2, 0) is 0 Å². The summed E-state index contributed by atoms with van der Waals surface area (Å²) in [6.45, 7) is 16.4. The van der Waals surface area contributed by atoms with Crippen molar-refractivity contribution in [2.45, 2.75) is 104 Å². The Hall–Kier alpha value is -2.54. The number of benzene rings is 3. The maximum Gasteiger partial charge on any atom is 0.0470 e. The van der Waals surface area contributed by atoms with Gasteiger partial charge in [0.2, 0.25) is 0 Å². The molecule has 35 heavy (non-hydrogen) atoms. The number of aromatic amines is 1. The van der Waals surface area contributed by atoms with Crippen LogP contribution in [0.2, 0.25) is 0 Å². The van der Waals surface area contributed by atoms with Crippen LogP contribution < -0.4 is 0 Å². The second-order valence-corrected chi connectivity index (χ2v) is 12.4. The topological polar surface area (TPSA) is 15.8 Å². The predicted molar refractivity (Wildman–Crippen MR) is 152 cm³/mol. The number of fused-ring (bicyclic) bond motifs is 5. The number of nitrogens with one attached hydrogen (secondary N) is 1. The standard InChI is InChI=1S/C34H41N/c1-18(2)25-16-26(19(3)4)32(27(17-25)20(5)6)24-12-13-29-28(15-24)34-30(35-29)14-21(7)31-22-8-10-23(11-9-22)33(31)34/h12-20,22-23,35H,8-11H2,1-7H3. The third-order valence-corrected chi connectivity index (χ3v) is 9.14. The molecule has 0 radical (unpaired) electrons. The summed E-state index contributed by atoms with van der Waals surface area (Å²) in [7, 11) is 0. The van der Waals surface area contributed by atoms with Crippen molar-refractivity contribution in [3.63, 3.8) is 0 Å². The van der Waals surface area contributed by atoms with E-state index in [1.807, 2.05) is 0 Å². The highest BCUT2D eigenvalue weighted by Crippen LogP contribution is 2.54. The number of H-pyrrole nitrogens is 1. The second-order valence-electron chi connectivity index (χ2n) is 12.4. The molecule has 0 saturated heterocycles. The van der Waals surface area contributed by atoms with Crippen LogP contribution in [0.25, 0.3) is 32.9 Å². The van der Waals surface area contributed by atoms with Gasteiger partial charge in [-0.1, -0.05) is 59.7 Å². The summed E-state index contributed by atoms with van der Waals surface area (Å²) >= 11 is 0. The van der Waals surface area contributed by atoms with E-state index in [2.05, 4.69) is 89.8 Å². The molecule has 3 aliphatic rings. The zero-order valence-corrected chi connectivity index (χ0v) is 22.7. The van der Waals surface area contributed by atoms with E-state index in [9.17, 15) is 0 Å². The Kier molecular flexibility index (Phi) is 5.40. The second kappa shape index (κ2) is 8.26. The van der Waals surface area contributed by atoms with Gasteiger partial charge in [-0.05, 0) is 125 Å². The van der Waals surface area contributed by atoms with Gasteiger partial charge < -0.3 is 4.98 Å². The van der Waals surface area contributed by atoms with Crippen molar-refractivity contribution in [1.29, 1.82) is 0 Å². The Morgan fingerprint density at radius 1 is 0.686 bits per heavy atom. The lowest BCUT2D eigenvalue weighted by Crippen LogP contribution is -2.22. The molecule has 1 fully saturated rings. The van der Waals surface area contributed by atoms with Crippen LogP contribution in [-0.4, -0.2) is 4.98 Å². The Morgan fingerprint density at radius 2 is 1.29 bits per heavy atom. The third kappa shape index (κ3) is 3.49. The fourth-order valence-electron chi connectivity index (χ4n) is 7.33. The molecule has 3 aromatic carbocycles. The first-order chi connectivity index (χ1) is 16.7. The molecule has 1 aromatic heterocycles. The predicted octanol–water partition coefficient (Wildman–Crippen LogP) is 10.4. The van der Waals surface area contributed by atoms with Gasteiger partial charge in [0, 0.05) is 21.8 Å². The summed E-state index contributed by atoms with van der Waals surface area (Å²) in [5, 5.41) is 2.95. The van der Waals surface area contributed by atoms with Gasteiger partial charge in [-0.15, -0.1) is 0 Å². The minimum absolute atomic E-state index is 0.492. The fourth-order valence-corrected chi connectivity index (χ4v) is 7.33. The Balaban J connectivity index is 1.65. The van der Waals surface area contributed by atoms with Crippen molar-refractivity contribution in [3.8, 4) is 11.1 Å². The van der Waals surface area contributed by atoms with Crippen LogP contribution in [0.5, 0.6) is 0 Å². The highest BCUT2D eigenvalue weighted by atomic mass is 14.7. The lowest BCUT2D eigenvalue weighted by Gasteiger charge is -2.40. The molecule has 7 rings (SSSR count). The van der Waals surface area contributed by atoms with Gasteiger partial charge in [-0.25, -0.2) is 0 Å². The normalized spacial score (nSPS) is 19.6. The average molecular weight is 464 g/mol. The van der Waals surface area contributed by atoms with Gasteiger partial charge in [-0.3, -0.25) is 0 Å². The maximum atomic E-state index is 3.81. The van der Waals surface area contributed by atoms with Gasteiger partial charge in [0.05, 0.1) is 0 Å². The molecule has 1 saturated carbocycles. The molecule has 0 atom stereocenters. The smallest absolute Gasteiger partial charge is 0.0470 e. The largest absolute Gasteiger partial charge is 0.354 e. The molecular weight excluding hydrogens is 422 g/mol. The molecule has 1 nitrogen and oxygen atoms in total. The summed E-state index contributed by atoms with van der Waals surface area (Å²) in [5.74, 6) is 3.04. The first-order valence-electron chi connectivity index (χ1n) is 14.0. The zero-order chi connectivity index (χ0) is 24.6. The number of aromatic nitrogens is 1. The highest BCUT2D eigenvalue weighted by molar-refractivity contribution is 6.11. The van der Waals surface area contributed by atoms with Crippen molar-refractivity contribution in [3.05, 3.63) is 69.8 Å². The molecule has 4 aromatic rings. The summed E-state index contributed by atoms with van der Waals surface area (Å²) < 4.78 is 0. The first kappa shape index (κ1) is 22.9. The van der Waals surface area contributed by atoms with Crippen LogP contribution in [0.4, 0.5) is 0 Å². The molecule has 1 N–H and O–H groups in total. The van der Waals surface area contributed by atoms with Gasteiger partial charge in [0.1, 0.15) is 0 Å². The number of rotatable bonds is 4. The van der Waals surface area contributed by atoms with Crippen LogP contribution >= 0.6 is 0 Å². The van der Waals surface area contributed by atoms with E-state index in [4.69, 9.17) is 0 Å². The number of hydrogen-bond acceptors (Lipinski definition) is 0. The van der Waals surface area contributed by atoms with E-state index >= 15 is 0 Å². The molecule has 2 bridgehead atoms. The number of hydrogen-bond donors (Lipinski definition) is 1. The molecule has 0 amide bonds. The van der Waals surface area contributed by atoms with E-state index in [1.165, 1.54) is 80.9 Å². The van der Waals surface area contributed by atoms with Gasteiger partial charge >= 0.3 is 0 Å². The third-order valence-electron chi connectivity index (χ3n) is 9.14. The molecule has 182 valence electrons. The number of aryl methyl sites for hydroxylation is 1. The van der Waals surface area contributed by atoms with Crippen molar-refractivity contribution < 1.29 is 0 Å². The highest BCUT2D eigenvalue weighted by Gasteiger charge is 2.36. The lowest BCUT2D eigenvalue weighted by atomic mass is 9.65. The molecule has 0 spiro atoms. The van der Waals surface area contributed by atoms with E-state index in [0.29, 0.717) is 17.8 Å². The van der Waals surface area contributed by atoms with E-state index in [-0.39, 0.29) is 0 Å². The Morgan fingerprint density at radius 3 is 1.86 bits per heavy atom. The van der Waals surface area contributed by atoms with Crippen LogP contribution in [0.1, 0.15) is 130 Å². The monoisotopic (exact) mass is 463 g/mol. The summed E-state index contributed by atoms with van der Waals surface area (Å²) in [4.78, 5) is 3.81. The van der Waals surface area contributed by atoms with Gasteiger partial charge in [0.15, 0.2) is 0 Å². The average Bonchev–Trinajstić information content (AvgIpc) is 3.21. The van der Waals surface area contributed by atoms with Crippen LogP contribution in [0.15, 0.2) is 36.4 Å². The minimum Gasteiger partial charge on any atom is -0.354 e. The molecule has 1 heteroatoms. The van der Waals surface area contributed by atoms with Crippen LogP contribution in [0, 0.1) is 6.92 Å². The van der Waals surface area contributed by atoms with Crippen molar-refractivity contribution >= 4 is 21.8 Å². The van der Waals surface area contributed by atoms with E-state index < -0.39 is 0 Å². The van der Waals surface area contributed by atoms with Crippen LogP contribution in [0.3, 0.4) is 0 Å². The molecule has 3 aliphatic carbocycles. The molecule has 0 unspecified atom stereocenters. The fraction of sp³-hybridized carbons (Fsp3) is 0.471. The lowest BCUT2D eigenvalue weighted by molar-refractivity contribution is 0.360. The van der Waals surface area contributed by atoms with Crippen molar-refractivity contribution in [1.82, 2.24) is 4.98 Å². The van der Waals surface area contributed by atoms with Crippen molar-refractivity contribution in [2.24, 2.45) is 0 Å². The molecule has 1 heterocycles. The molecular formula is C34H41N. The quantitative estimate of drug-likeness (QED) is 0.310.